The van der Waals surface area contributed by atoms with Gasteiger partial charge in [0.25, 0.3) is 0 Å². The van der Waals surface area contributed by atoms with Crippen LogP contribution in [0.1, 0.15) is 24.9 Å². The fourth-order valence-corrected chi connectivity index (χ4v) is 2.91. The van der Waals surface area contributed by atoms with E-state index in [4.69, 9.17) is 23.2 Å². The van der Waals surface area contributed by atoms with Crippen LogP contribution in [-0.2, 0) is 9.59 Å². The average molecular weight is 319 g/mol. The molecule has 1 aromatic rings. The van der Waals surface area contributed by atoms with Gasteiger partial charge in [0, 0.05) is 23.7 Å². The Morgan fingerprint density at radius 2 is 2.05 bits per heavy atom. The minimum absolute atomic E-state index is 0.0736. The molecule has 0 radical (unpaired) electrons. The number of hydrogen-bond donors (Lipinski definition) is 1. The lowest BCUT2D eigenvalue weighted by atomic mass is 10.1. The van der Waals surface area contributed by atoms with Crippen LogP contribution in [0.2, 0.25) is 10.0 Å². The lowest BCUT2D eigenvalue weighted by molar-refractivity contribution is -0.137. The summed E-state index contributed by atoms with van der Waals surface area (Å²) in [6, 6.07) is 1.49. The Morgan fingerprint density at radius 1 is 1.40 bits per heavy atom. The van der Waals surface area contributed by atoms with E-state index in [2.05, 4.69) is 5.32 Å². The summed E-state index contributed by atoms with van der Waals surface area (Å²) in [4.78, 5) is 24.3. The van der Waals surface area contributed by atoms with Crippen molar-refractivity contribution in [3.8, 4) is 0 Å². The lowest BCUT2D eigenvalue weighted by Gasteiger charge is -2.20. The summed E-state index contributed by atoms with van der Waals surface area (Å²) >= 11 is 11.9. The maximum atomic E-state index is 13.5. The number of hydrogen-bond acceptors (Lipinski definition) is 3. The molecule has 108 valence electrons. The lowest BCUT2D eigenvalue weighted by Crippen LogP contribution is -2.38. The van der Waals surface area contributed by atoms with Crippen LogP contribution in [-0.4, -0.2) is 29.8 Å². The van der Waals surface area contributed by atoms with Gasteiger partial charge in [0.2, 0.25) is 11.8 Å². The molecule has 4 nitrogen and oxygen atoms in total. The number of carbonyl (C=O) groups excluding carboxylic acids is 2. The molecule has 1 N–H and O–H groups in total. The SMILES string of the molecule is CC(NC1CC(=O)N(C)C1=O)c1c(Cl)ccc(F)c1Cl. The minimum Gasteiger partial charge on any atom is -0.299 e. The van der Waals surface area contributed by atoms with Crippen LogP contribution in [0.25, 0.3) is 0 Å². The maximum absolute atomic E-state index is 13.5. The zero-order chi connectivity index (χ0) is 15.0. The quantitative estimate of drug-likeness (QED) is 0.688. The molecule has 0 saturated carbocycles. The predicted octanol–water partition coefficient (Wildman–Crippen LogP) is 2.54. The Bertz CT molecular complexity index is 580. The van der Waals surface area contributed by atoms with Gasteiger partial charge in [-0.3, -0.25) is 19.8 Å². The van der Waals surface area contributed by atoms with Crippen LogP contribution in [0.15, 0.2) is 12.1 Å². The van der Waals surface area contributed by atoms with Crippen molar-refractivity contribution in [1.29, 1.82) is 0 Å². The molecule has 2 rings (SSSR count). The molecule has 2 atom stereocenters. The van der Waals surface area contributed by atoms with Gasteiger partial charge in [-0.05, 0) is 19.1 Å². The smallest absolute Gasteiger partial charge is 0.246 e. The summed E-state index contributed by atoms with van der Waals surface area (Å²) in [7, 11) is 1.43. The van der Waals surface area contributed by atoms with Gasteiger partial charge in [-0.1, -0.05) is 23.2 Å². The average Bonchev–Trinajstić information content (AvgIpc) is 2.62. The second-order valence-corrected chi connectivity index (χ2v) is 5.48. The molecule has 1 aliphatic heterocycles. The first-order chi connectivity index (χ1) is 9.32. The van der Waals surface area contributed by atoms with Gasteiger partial charge < -0.3 is 0 Å². The highest BCUT2D eigenvalue weighted by Crippen LogP contribution is 2.33. The number of imide groups is 1. The van der Waals surface area contributed by atoms with E-state index in [9.17, 15) is 14.0 Å². The van der Waals surface area contributed by atoms with Crippen molar-refractivity contribution in [2.45, 2.75) is 25.4 Å². The van der Waals surface area contributed by atoms with Crippen LogP contribution >= 0.6 is 23.2 Å². The highest BCUT2D eigenvalue weighted by atomic mass is 35.5. The highest BCUT2D eigenvalue weighted by molar-refractivity contribution is 6.36. The zero-order valence-electron chi connectivity index (χ0n) is 10.9. The standard InChI is InChI=1S/C13H13Cl2FN2O2/c1-6(11-7(14)3-4-8(16)12(11)15)17-9-5-10(19)18(2)13(9)20/h3-4,6,9,17H,5H2,1-2H3. The van der Waals surface area contributed by atoms with Crippen molar-refractivity contribution < 1.29 is 14.0 Å². The van der Waals surface area contributed by atoms with E-state index in [1.54, 1.807) is 6.92 Å². The molecule has 1 aliphatic rings. The fraction of sp³-hybridized carbons (Fsp3) is 0.385. The number of halogens is 3. The second-order valence-electron chi connectivity index (χ2n) is 4.69. The maximum Gasteiger partial charge on any atom is 0.246 e. The molecule has 0 aromatic heterocycles. The summed E-state index contributed by atoms with van der Waals surface area (Å²) in [5.74, 6) is -1.15. The molecular formula is C13H13Cl2FN2O2. The Labute approximate surface area is 125 Å². The first-order valence-electron chi connectivity index (χ1n) is 6.02. The van der Waals surface area contributed by atoms with Gasteiger partial charge in [-0.25, -0.2) is 4.39 Å². The molecule has 20 heavy (non-hydrogen) atoms. The van der Waals surface area contributed by atoms with E-state index in [0.717, 1.165) is 4.90 Å². The number of carbonyl (C=O) groups is 2. The summed E-state index contributed by atoms with van der Waals surface area (Å²) in [5.41, 5.74) is 0.378. The molecule has 0 bridgehead atoms. The second kappa shape index (κ2) is 5.68. The molecule has 2 amide bonds. The van der Waals surface area contributed by atoms with Crippen molar-refractivity contribution in [3.05, 3.63) is 33.6 Å². The third kappa shape index (κ3) is 2.66. The summed E-state index contributed by atoms with van der Waals surface area (Å²) in [6.45, 7) is 1.71. The molecule has 7 heteroatoms. The minimum atomic E-state index is -0.641. The summed E-state index contributed by atoms with van der Waals surface area (Å²) in [5, 5.41) is 3.19. The molecular weight excluding hydrogens is 306 g/mol. The Balaban J connectivity index is 2.22. The van der Waals surface area contributed by atoms with Gasteiger partial charge in [0.05, 0.1) is 17.5 Å². The van der Waals surface area contributed by atoms with Crippen LogP contribution in [0.3, 0.4) is 0 Å². The van der Waals surface area contributed by atoms with Crippen LogP contribution < -0.4 is 5.32 Å². The molecule has 1 aromatic carbocycles. The normalized spacial score (nSPS) is 20.6. The van der Waals surface area contributed by atoms with Crippen LogP contribution in [0.5, 0.6) is 0 Å². The van der Waals surface area contributed by atoms with E-state index < -0.39 is 17.9 Å². The first kappa shape index (κ1) is 15.2. The monoisotopic (exact) mass is 318 g/mol. The number of rotatable bonds is 3. The van der Waals surface area contributed by atoms with Crippen molar-refractivity contribution in [2.24, 2.45) is 0 Å². The van der Waals surface area contributed by atoms with Gasteiger partial charge in [0.15, 0.2) is 0 Å². The highest BCUT2D eigenvalue weighted by Gasteiger charge is 2.37. The number of nitrogens with one attached hydrogen (secondary N) is 1. The number of nitrogens with zero attached hydrogens (tertiary/aromatic N) is 1. The fourth-order valence-electron chi connectivity index (χ4n) is 2.21. The molecule has 1 heterocycles. The third-order valence-corrected chi connectivity index (χ3v) is 4.06. The number of likely N-dealkylation sites (tertiary alicyclic amines) is 1. The Hall–Kier alpha value is -1.17. The van der Waals surface area contributed by atoms with E-state index in [-0.39, 0.29) is 23.3 Å². The molecule has 0 aliphatic carbocycles. The van der Waals surface area contributed by atoms with Gasteiger partial charge in [-0.2, -0.15) is 0 Å². The number of amides is 2. The van der Waals surface area contributed by atoms with E-state index in [1.165, 1.54) is 19.2 Å². The van der Waals surface area contributed by atoms with E-state index in [0.29, 0.717) is 10.6 Å². The first-order valence-corrected chi connectivity index (χ1v) is 6.78. The third-order valence-electron chi connectivity index (χ3n) is 3.35. The Kier molecular flexibility index (Phi) is 4.32. The van der Waals surface area contributed by atoms with Crippen LogP contribution in [0, 0.1) is 5.82 Å². The van der Waals surface area contributed by atoms with Gasteiger partial charge >= 0.3 is 0 Å². The molecule has 0 spiro atoms. The molecule has 1 saturated heterocycles. The van der Waals surface area contributed by atoms with Crippen molar-refractivity contribution in [1.82, 2.24) is 10.2 Å². The van der Waals surface area contributed by atoms with Crippen molar-refractivity contribution >= 4 is 35.0 Å². The Morgan fingerprint density at radius 3 is 2.60 bits per heavy atom. The van der Waals surface area contributed by atoms with E-state index >= 15 is 0 Å². The van der Waals surface area contributed by atoms with Gasteiger partial charge in [0.1, 0.15) is 5.82 Å². The largest absolute Gasteiger partial charge is 0.299 e. The summed E-state index contributed by atoms with van der Waals surface area (Å²) < 4.78 is 13.5. The summed E-state index contributed by atoms with van der Waals surface area (Å²) in [6.07, 6.45) is 0.0736. The molecule has 2 unspecified atom stereocenters. The van der Waals surface area contributed by atoms with Crippen molar-refractivity contribution in [2.75, 3.05) is 7.05 Å². The number of benzene rings is 1. The van der Waals surface area contributed by atoms with Gasteiger partial charge in [-0.15, -0.1) is 0 Å². The van der Waals surface area contributed by atoms with Crippen molar-refractivity contribution in [3.63, 3.8) is 0 Å². The van der Waals surface area contributed by atoms with E-state index in [1.807, 2.05) is 0 Å². The number of likely N-dealkylation sites (N-methyl/N-ethyl adjacent to an activating group) is 1. The molecule has 1 fully saturated rings. The van der Waals surface area contributed by atoms with Crippen LogP contribution in [0.4, 0.5) is 4.39 Å². The topological polar surface area (TPSA) is 49.4 Å². The zero-order valence-corrected chi connectivity index (χ0v) is 12.4. The predicted molar refractivity (Wildman–Crippen MR) is 74.2 cm³/mol.